The molecule has 9 heteroatoms. The summed E-state index contributed by atoms with van der Waals surface area (Å²) in [6.45, 7) is 2.11. The van der Waals surface area contributed by atoms with Gasteiger partial charge in [0, 0.05) is 17.8 Å². The van der Waals surface area contributed by atoms with E-state index in [4.69, 9.17) is 22.2 Å². The van der Waals surface area contributed by atoms with Crippen molar-refractivity contribution in [2.75, 3.05) is 19.0 Å². The van der Waals surface area contributed by atoms with Crippen LogP contribution in [0.5, 0.6) is 0 Å². The summed E-state index contributed by atoms with van der Waals surface area (Å²) < 4.78 is 43.0. The normalized spacial score (nSPS) is 14.0. The Bertz CT molecular complexity index is 508. The van der Waals surface area contributed by atoms with E-state index in [1.165, 1.54) is 13.2 Å². The number of hydrogen-bond donors (Lipinski definition) is 3. The molecule has 1 unspecified atom stereocenters. The quantitative estimate of drug-likeness (QED) is 0.344. The van der Waals surface area contributed by atoms with Crippen molar-refractivity contribution in [3.63, 3.8) is 0 Å². The highest BCUT2D eigenvalue weighted by Gasteiger charge is 2.31. The van der Waals surface area contributed by atoms with E-state index in [1.807, 2.05) is 0 Å². The van der Waals surface area contributed by atoms with Gasteiger partial charge in [-0.05, 0) is 25.1 Å². The molecule has 1 aromatic rings. The van der Waals surface area contributed by atoms with Crippen molar-refractivity contribution in [1.29, 1.82) is 0 Å². The van der Waals surface area contributed by atoms with Gasteiger partial charge in [-0.15, -0.1) is 0 Å². The fourth-order valence-corrected chi connectivity index (χ4v) is 1.80. The lowest BCUT2D eigenvalue weighted by Crippen LogP contribution is -2.37. The molecule has 0 saturated carbocycles. The van der Waals surface area contributed by atoms with Crippen molar-refractivity contribution < 1.29 is 17.9 Å². The third-order valence-electron chi connectivity index (χ3n) is 2.38. The maximum Gasteiger partial charge on any atom is 0.416 e. The van der Waals surface area contributed by atoms with Crippen LogP contribution in [0.3, 0.4) is 0 Å². The number of nitrogens with zero attached hydrogens (tertiary/aromatic N) is 1. The zero-order valence-electron chi connectivity index (χ0n) is 11.5. The second-order valence-electron chi connectivity index (χ2n) is 4.28. The number of anilines is 1. The minimum Gasteiger partial charge on any atom is -0.382 e. The molecule has 0 bridgehead atoms. The summed E-state index contributed by atoms with van der Waals surface area (Å²) >= 11 is 5.69. The predicted octanol–water partition coefficient (Wildman–Crippen LogP) is 2.62. The van der Waals surface area contributed by atoms with E-state index in [9.17, 15) is 13.2 Å². The van der Waals surface area contributed by atoms with Crippen molar-refractivity contribution >= 4 is 23.2 Å². The van der Waals surface area contributed by atoms with Gasteiger partial charge in [-0.3, -0.25) is 5.43 Å². The molecule has 1 aromatic carbocycles. The molecule has 5 nitrogen and oxygen atoms in total. The molecule has 21 heavy (non-hydrogen) atoms. The average Bonchev–Trinajstić information content (AvgIpc) is 2.36. The summed E-state index contributed by atoms with van der Waals surface area (Å²) in [5.41, 5.74) is 1.54. The first-order chi connectivity index (χ1) is 9.76. The van der Waals surface area contributed by atoms with Crippen LogP contribution >= 0.6 is 11.6 Å². The van der Waals surface area contributed by atoms with E-state index in [1.54, 1.807) is 6.92 Å². The Morgan fingerprint density at radius 1 is 1.43 bits per heavy atom. The molecule has 0 radical (unpaired) electrons. The number of aliphatic imine (C=N–C) groups is 1. The first-order valence-electron chi connectivity index (χ1n) is 5.94. The number of rotatable bonds is 4. The Morgan fingerprint density at radius 2 is 2.10 bits per heavy atom. The van der Waals surface area contributed by atoms with Gasteiger partial charge < -0.3 is 10.1 Å². The van der Waals surface area contributed by atoms with Crippen LogP contribution in [0.25, 0.3) is 0 Å². The number of alkyl halides is 3. The second kappa shape index (κ2) is 7.48. The fraction of sp³-hybridized carbons (Fsp3) is 0.417. The van der Waals surface area contributed by atoms with Crippen molar-refractivity contribution in [3.8, 4) is 0 Å². The summed E-state index contributed by atoms with van der Waals surface area (Å²) in [7, 11) is 1.52. The molecular weight excluding hydrogens is 309 g/mol. The molecular formula is C12H16ClF3N4O. The first-order valence-corrected chi connectivity index (χ1v) is 6.32. The van der Waals surface area contributed by atoms with Crippen molar-refractivity contribution in [1.82, 2.24) is 5.43 Å². The van der Waals surface area contributed by atoms with Gasteiger partial charge in [-0.25, -0.2) is 10.8 Å². The molecule has 4 N–H and O–H groups in total. The third kappa shape index (κ3) is 5.78. The van der Waals surface area contributed by atoms with E-state index in [2.05, 4.69) is 15.7 Å². The second-order valence-corrected chi connectivity index (χ2v) is 4.71. The number of nitrogens with one attached hydrogen (secondary N) is 2. The van der Waals surface area contributed by atoms with Gasteiger partial charge in [0.25, 0.3) is 0 Å². The lowest BCUT2D eigenvalue weighted by atomic mass is 10.2. The Morgan fingerprint density at radius 3 is 2.62 bits per heavy atom. The van der Waals surface area contributed by atoms with Crippen LogP contribution in [-0.4, -0.2) is 25.7 Å². The zero-order valence-corrected chi connectivity index (χ0v) is 12.2. The SMILES string of the molecule is COCC(C)N=C(NN)Nc1cc(Cl)cc(C(F)(F)F)c1. The van der Waals surface area contributed by atoms with Crippen LogP contribution < -0.4 is 16.6 Å². The molecule has 0 aliphatic carbocycles. The Hall–Kier alpha value is -1.51. The lowest BCUT2D eigenvalue weighted by Gasteiger charge is -2.14. The Kier molecular flexibility index (Phi) is 6.25. The van der Waals surface area contributed by atoms with Gasteiger partial charge in [0.15, 0.2) is 0 Å². The first kappa shape index (κ1) is 17.5. The van der Waals surface area contributed by atoms with Gasteiger partial charge in [0.1, 0.15) is 0 Å². The molecule has 0 spiro atoms. The maximum atomic E-state index is 12.7. The van der Waals surface area contributed by atoms with Gasteiger partial charge in [0.2, 0.25) is 5.96 Å². The number of halogens is 4. The molecule has 1 rings (SSSR count). The van der Waals surface area contributed by atoms with Crippen LogP contribution in [0, 0.1) is 0 Å². The minimum atomic E-state index is -4.49. The number of ether oxygens (including phenoxy) is 1. The van der Waals surface area contributed by atoms with Gasteiger partial charge in [-0.2, -0.15) is 13.2 Å². The van der Waals surface area contributed by atoms with Crippen LogP contribution in [0.15, 0.2) is 23.2 Å². The largest absolute Gasteiger partial charge is 0.416 e. The summed E-state index contributed by atoms with van der Waals surface area (Å²) in [5, 5.41) is 2.60. The molecule has 118 valence electrons. The molecule has 1 atom stereocenters. The summed E-state index contributed by atoms with van der Waals surface area (Å²) in [4.78, 5) is 4.12. The standard InChI is InChI=1S/C12H16ClF3N4O/c1-7(6-21-2)18-11(20-17)19-10-4-8(12(14,15)16)3-9(13)5-10/h3-5,7H,6,17H2,1-2H3,(H2,18,19,20). The maximum absolute atomic E-state index is 12.7. The molecule has 0 heterocycles. The lowest BCUT2D eigenvalue weighted by molar-refractivity contribution is -0.137. The monoisotopic (exact) mass is 324 g/mol. The number of nitrogens with two attached hydrogens (primary N) is 1. The van der Waals surface area contributed by atoms with Crippen molar-refractivity contribution in [2.45, 2.75) is 19.1 Å². The highest BCUT2D eigenvalue weighted by atomic mass is 35.5. The molecule has 0 aliphatic rings. The van der Waals surface area contributed by atoms with E-state index >= 15 is 0 Å². The number of guanidine groups is 1. The van der Waals surface area contributed by atoms with E-state index in [-0.39, 0.29) is 22.7 Å². The highest BCUT2D eigenvalue weighted by molar-refractivity contribution is 6.31. The average molecular weight is 325 g/mol. The fourth-order valence-electron chi connectivity index (χ4n) is 1.57. The smallest absolute Gasteiger partial charge is 0.382 e. The van der Waals surface area contributed by atoms with Gasteiger partial charge >= 0.3 is 6.18 Å². The molecule has 0 saturated heterocycles. The van der Waals surface area contributed by atoms with Crippen molar-refractivity contribution in [3.05, 3.63) is 28.8 Å². The molecule has 0 amide bonds. The highest BCUT2D eigenvalue weighted by Crippen LogP contribution is 2.33. The van der Waals surface area contributed by atoms with Crippen molar-refractivity contribution in [2.24, 2.45) is 10.8 Å². The Balaban J connectivity index is 2.98. The molecule has 0 aromatic heterocycles. The van der Waals surface area contributed by atoms with Crippen LogP contribution in [0.1, 0.15) is 12.5 Å². The third-order valence-corrected chi connectivity index (χ3v) is 2.60. The van der Waals surface area contributed by atoms with Crippen LogP contribution in [0.2, 0.25) is 5.02 Å². The van der Waals surface area contributed by atoms with Crippen LogP contribution in [0.4, 0.5) is 18.9 Å². The summed E-state index contributed by atoms with van der Waals surface area (Å²) in [6, 6.07) is 2.87. The number of methoxy groups -OCH3 is 1. The number of hydrogen-bond acceptors (Lipinski definition) is 3. The van der Waals surface area contributed by atoms with E-state index in [0.717, 1.165) is 12.1 Å². The van der Waals surface area contributed by atoms with Gasteiger partial charge in [-0.1, -0.05) is 11.6 Å². The van der Waals surface area contributed by atoms with E-state index in [0.29, 0.717) is 6.61 Å². The molecule has 0 aliphatic heterocycles. The summed E-state index contributed by atoms with van der Waals surface area (Å²) in [5.74, 6) is 5.39. The predicted molar refractivity (Wildman–Crippen MR) is 76.2 cm³/mol. The summed E-state index contributed by atoms with van der Waals surface area (Å²) in [6.07, 6.45) is -4.49. The zero-order chi connectivity index (χ0) is 16.0. The molecule has 0 fully saturated rings. The van der Waals surface area contributed by atoms with Gasteiger partial charge in [0.05, 0.1) is 18.2 Å². The van der Waals surface area contributed by atoms with E-state index < -0.39 is 11.7 Å². The number of benzene rings is 1. The topological polar surface area (TPSA) is 71.7 Å². The van der Waals surface area contributed by atoms with Crippen LogP contribution in [-0.2, 0) is 10.9 Å². The minimum absolute atomic E-state index is 0.0476. The number of hydrazine groups is 1. The Labute approximate surface area is 125 Å².